The van der Waals surface area contributed by atoms with Crippen molar-refractivity contribution in [3.8, 4) is 0 Å². The van der Waals surface area contributed by atoms with Crippen molar-refractivity contribution in [2.45, 2.75) is 45.3 Å². The highest BCUT2D eigenvalue weighted by Crippen LogP contribution is 2.27. The van der Waals surface area contributed by atoms with Gasteiger partial charge in [-0.2, -0.15) is 5.10 Å². The molecule has 9 nitrogen and oxygen atoms in total. The maximum absolute atomic E-state index is 12.9. The first-order valence-electron chi connectivity index (χ1n) is 11.1. The first-order chi connectivity index (χ1) is 16.0. The van der Waals surface area contributed by atoms with Gasteiger partial charge in [0.1, 0.15) is 11.6 Å². The van der Waals surface area contributed by atoms with Crippen LogP contribution in [0.4, 0.5) is 5.82 Å². The van der Waals surface area contributed by atoms with Gasteiger partial charge in [0.15, 0.2) is 6.10 Å². The number of benzene rings is 1. The predicted molar refractivity (Wildman–Crippen MR) is 122 cm³/mol. The Balaban J connectivity index is 1.37. The smallest absolute Gasteiger partial charge is 0.259 e. The van der Waals surface area contributed by atoms with Crippen molar-refractivity contribution in [3.63, 3.8) is 0 Å². The summed E-state index contributed by atoms with van der Waals surface area (Å²) in [5.41, 5.74) is 2.41. The monoisotopic (exact) mass is 451 g/mol. The minimum absolute atomic E-state index is 0.0719. The number of hydrogen-bond donors (Lipinski definition) is 1. The summed E-state index contributed by atoms with van der Waals surface area (Å²) in [5.74, 6) is 1.14. The largest absolute Gasteiger partial charge is 0.367 e. The highest BCUT2D eigenvalue weighted by molar-refractivity contribution is 5.94. The van der Waals surface area contributed by atoms with Crippen LogP contribution in [0.25, 0.3) is 0 Å². The maximum Gasteiger partial charge on any atom is 0.259 e. The number of rotatable bonds is 7. The Morgan fingerprint density at radius 2 is 1.91 bits per heavy atom. The molecule has 174 valence electrons. The summed E-state index contributed by atoms with van der Waals surface area (Å²) < 4.78 is 12.4. The lowest BCUT2D eigenvalue weighted by atomic mass is 10.0. The van der Waals surface area contributed by atoms with Gasteiger partial charge in [-0.15, -0.1) is 0 Å². The molecule has 0 bridgehead atoms. The fraction of sp³-hybridized carbons (Fsp3) is 0.417. The Labute approximate surface area is 192 Å². The molecule has 1 atom stereocenters. The third kappa shape index (κ3) is 4.98. The number of anilines is 1. The van der Waals surface area contributed by atoms with E-state index in [4.69, 9.17) is 9.26 Å². The fourth-order valence-electron chi connectivity index (χ4n) is 4.30. The first-order valence-corrected chi connectivity index (χ1v) is 11.1. The zero-order chi connectivity index (χ0) is 23.4. The van der Waals surface area contributed by atoms with Crippen LogP contribution in [0.3, 0.4) is 0 Å². The molecule has 2 amide bonds. The molecule has 1 aromatic carbocycles. The van der Waals surface area contributed by atoms with Crippen molar-refractivity contribution in [2.24, 2.45) is 0 Å². The molecule has 4 rings (SSSR count). The van der Waals surface area contributed by atoms with Gasteiger partial charge in [0.2, 0.25) is 5.91 Å². The minimum atomic E-state index is -0.710. The number of carbonyl (C=O) groups excluding carboxylic acids is 2. The second-order valence-electron chi connectivity index (χ2n) is 8.27. The standard InChI is InChI=1S/C24H29N5O4/c1-16-20(17(2)33-27-16)15-22(30)28-13-10-19(11-14-28)29-21(9-12-25-29)26-24(31)23(32-3)18-7-5-4-6-8-18/h4-9,12,19,23H,10-11,13-15H2,1-3H3,(H,26,31). The van der Waals surface area contributed by atoms with E-state index in [1.165, 1.54) is 7.11 Å². The molecule has 2 aromatic heterocycles. The highest BCUT2D eigenvalue weighted by atomic mass is 16.5. The van der Waals surface area contributed by atoms with Crippen LogP contribution < -0.4 is 5.32 Å². The number of likely N-dealkylation sites (tertiary alicyclic amines) is 1. The Kier molecular flexibility index (Phi) is 6.88. The summed E-state index contributed by atoms with van der Waals surface area (Å²) in [6, 6.07) is 11.2. The second-order valence-corrected chi connectivity index (χ2v) is 8.27. The summed E-state index contributed by atoms with van der Waals surface area (Å²) in [6.07, 6.45) is 2.77. The predicted octanol–water partition coefficient (Wildman–Crippen LogP) is 3.22. The molecule has 0 saturated carbocycles. The van der Waals surface area contributed by atoms with E-state index in [0.717, 1.165) is 29.7 Å². The zero-order valence-corrected chi connectivity index (χ0v) is 19.2. The molecule has 33 heavy (non-hydrogen) atoms. The van der Waals surface area contributed by atoms with Crippen LogP contribution in [0, 0.1) is 13.8 Å². The third-order valence-electron chi connectivity index (χ3n) is 6.17. The van der Waals surface area contributed by atoms with Crippen molar-refractivity contribution in [3.05, 3.63) is 65.2 Å². The van der Waals surface area contributed by atoms with Crippen molar-refractivity contribution in [1.82, 2.24) is 19.8 Å². The average Bonchev–Trinajstić information content (AvgIpc) is 3.42. The molecule has 0 radical (unpaired) electrons. The van der Waals surface area contributed by atoms with Crippen molar-refractivity contribution < 1.29 is 18.8 Å². The SMILES string of the molecule is COC(C(=O)Nc1ccnn1C1CCN(C(=O)Cc2c(C)noc2C)CC1)c1ccccc1. The van der Waals surface area contributed by atoms with E-state index in [2.05, 4.69) is 15.6 Å². The van der Waals surface area contributed by atoms with E-state index in [1.54, 1.807) is 12.3 Å². The Bertz CT molecular complexity index is 1080. The molecule has 3 aromatic rings. The van der Waals surface area contributed by atoms with Crippen LogP contribution in [0.5, 0.6) is 0 Å². The molecule has 3 heterocycles. The third-order valence-corrected chi connectivity index (χ3v) is 6.17. The minimum Gasteiger partial charge on any atom is -0.367 e. The molecular weight excluding hydrogens is 422 g/mol. The van der Waals surface area contributed by atoms with Gasteiger partial charge >= 0.3 is 0 Å². The van der Waals surface area contributed by atoms with Crippen LogP contribution in [0.1, 0.15) is 47.6 Å². The quantitative estimate of drug-likeness (QED) is 0.592. The van der Waals surface area contributed by atoms with Gasteiger partial charge in [0, 0.05) is 31.8 Å². The number of amides is 2. The summed E-state index contributed by atoms with van der Waals surface area (Å²) >= 11 is 0. The number of carbonyl (C=O) groups is 2. The van der Waals surface area contributed by atoms with Crippen molar-refractivity contribution >= 4 is 17.6 Å². The molecular formula is C24H29N5O4. The highest BCUT2D eigenvalue weighted by Gasteiger charge is 2.28. The zero-order valence-electron chi connectivity index (χ0n) is 19.2. The number of aryl methyl sites for hydroxylation is 2. The second kappa shape index (κ2) is 9.99. The molecule has 1 unspecified atom stereocenters. The number of nitrogens with one attached hydrogen (secondary N) is 1. The van der Waals surface area contributed by atoms with E-state index in [9.17, 15) is 9.59 Å². The van der Waals surface area contributed by atoms with E-state index < -0.39 is 6.10 Å². The number of methoxy groups -OCH3 is 1. The lowest BCUT2D eigenvalue weighted by Crippen LogP contribution is -2.40. The van der Waals surface area contributed by atoms with Gasteiger partial charge in [-0.3, -0.25) is 9.59 Å². The summed E-state index contributed by atoms with van der Waals surface area (Å²) in [6.45, 7) is 4.94. The number of piperidine rings is 1. The Hall–Kier alpha value is -3.46. The molecule has 1 aliphatic heterocycles. The number of nitrogens with zero attached hydrogens (tertiary/aromatic N) is 4. The normalized spacial score (nSPS) is 15.4. The van der Waals surface area contributed by atoms with E-state index >= 15 is 0 Å². The van der Waals surface area contributed by atoms with Gasteiger partial charge < -0.3 is 19.5 Å². The number of aromatic nitrogens is 3. The topological polar surface area (TPSA) is 102 Å². The summed E-state index contributed by atoms with van der Waals surface area (Å²) in [4.78, 5) is 27.5. The van der Waals surface area contributed by atoms with Crippen molar-refractivity contribution in [2.75, 3.05) is 25.5 Å². The van der Waals surface area contributed by atoms with Gasteiger partial charge in [-0.05, 0) is 32.3 Å². The Morgan fingerprint density at radius 1 is 1.18 bits per heavy atom. The van der Waals surface area contributed by atoms with Crippen LogP contribution >= 0.6 is 0 Å². The number of ether oxygens (including phenoxy) is 1. The molecule has 1 N–H and O–H groups in total. The van der Waals surface area contributed by atoms with Gasteiger partial charge in [-0.1, -0.05) is 35.5 Å². The first kappa shape index (κ1) is 22.7. The van der Waals surface area contributed by atoms with Gasteiger partial charge in [0.25, 0.3) is 5.91 Å². The van der Waals surface area contributed by atoms with Crippen molar-refractivity contribution in [1.29, 1.82) is 0 Å². The van der Waals surface area contributed by atoms with E-state index in [1.807, 2.05) is 53.8 Å². The molecule has 0 spiro atoms. The average molecular weight is 452 g/mol. The van der Waals surface area contributed by atoms with Crippen LogP contribution in [-0.2, 0) is 20.7 Å². The van der Waals surface area contributed by atoms with Crippen LogP contribution in [0.2, 0.25) is 0 Å². The molecule has 0 aliphatic carbocycles. The number of hydrogen-bond acceptors (Lipinski definition) is 6. The van der Waals surface area contributed by atoms with Gasteiger partial charge in [-0.25, -0.2) is 4.68 Å². The fourth-order valence-corrected chi connectivity index (χ4v) is 4.30. The lowest BCUT2D eigenvalue weighted by molar-refractivity contribution is -0.131. The van der Waals surface area contributed by atoms with Crippen LogP contribution in [0.15, 0.2) is 47.1 Å². The summed E-state index contributed by atoms with van der Waals surface area (Å²) in [7, 11) is 1.52. The summed E-state index contributed by atoms with van der Waals surface area (Å²) in [5, 5.41) is 11.3. The Morgan fingerprint density at radius 3 is 2.55 bits per heavy atom. The van der Waals surface area contributed by atoms with E-state index in [-0.39, 0.29) is 17.9 Å². The van der Waals surface area contributed by atoms with E-state index in [0.29, 0.717) is 31.1 Å². The molecule has 9 heteroatoms. The lowest BCUT2D eigenvalue weighted by Gasteiger charge is -2.33. The molecule has 1 aliphatic rings. The van der Waals surface area contributed by atoms with Crippen LogP contribution in [-0.4, -0.2) is 51.9 Å². The van der Waals surface area contributed by atoms with Gasteiger partial charge in [0.05, 0.1) is 24.4 Å². The molecule has 1 fully saturated rings. The maximum atomic E-state index is 12.9. The molecule has 1 saturated heterocycles.